The fraction of sp³-hybridized carbons (Fsp3) is 0.238. The smallest absolute Gasteiger partial charge is 0.311 e. The molecule has 0 atom stereocenters. The molecule has 2 aromatic rings. The summed E-state index contributed by atoms with van der Waals surface area (Å²) < 4.78 is 5.20. The van der Waals surface area contributed by atoms with Crippen molar-refractivity contribution in [3.63, 3.8) is 0 Å². The summed E-state index contributed by atoms with van der Waals surface area (Å²) in [7, 11) is 1.38. The zero-order chi connectivity index (χ0) is 19.5. The van der Waals surface area contributed by atoms with E-state index in [9.17, 15) is 14.9 Å². The van der Waals surface area contributed by atoms with Crippen LogP contribution in [0.5, 0.6) is 5.75 Å². The van der Waals surface area contributed by atoms with E-state index in [1.807, 2.05) is 19.9 Å². The predicted octanol–water partition coefficient (Wildman–Crippen LogP) is 3.96. The van der Waals surface area contributed by atoms with Crippen LogP contribution in [0.4, 0.5) is 5.69 Å². The summed E-state index contributed by atoms with van der Waals surface area (Å²) in [6.07, 6.45) is 0.581. The van der Waals surface area contributed by atoms with Crippen LogP contribution in [0.3, 0.4) is 0 Å². The van der Waals surface area contributed by atoms with E-state index in [0.717, 1.165) is 22.3 Å². The summed E-state index contributed by atoms with van der Waals surface area (Å²) >= 11 is 0. The van der Waals surface area contributed by atoms with E-state index in [1.54, 1.807) is 18.2 Å². The highest BCUT2D eigenvalue weighted by molar-refractivity contribution is 6.33. The number of ketones is 1. The minimum absolute atomic E-state index is 0.144. The Bertz CT molecular complexity index is 1120. The van der Waals surface area contributed by atoms with E-state index in [1.165, 1.54) is 13.2 Å². The number of carbonyl (C=O) groups is 1. The number of nitrogens with zero attached hydrogens (tertiary/aromatic N) is 2. The van der Waals surface area contributed by atoms with Gasteiger partial charge in [0.15, 0.2) is 11.5 Å². The molecule has 0 unspecified atom stereocenters. The van der Waals surface area contributed by atoms with Gasteiger partial charge in [0.05, 0.1) is 23.7 Å². The molecule has 134 valence electrons. The van der Waals surface area contributed by atoms with Crippen molar-refractivity contribution in [3.05, 3.63) is 73.8 Å². The van der Waals surface area contributed by atoms with Crippen molar-refractivity contribution in [2.75, 3.05) is 7.11 Å². The van der Waals surface area contributed by atoms with Crippen LogP contribution in [-0.4, -0.2) is 17.8 Å². The number of benzene rings is 2. The van der Waals surface area contributed by atoms with Gasteiger partial charge in [-0.05, 0) is 46.9 Å². The zero-order valence-electron chi connectivity index (χ0n) is 15.1. The molecule has 0 N–H and O–H groups in total. The average molecular weight is 360 g/mol. The third-order valence-corrected chi connectivity index (χ3v) is 5.59. The van der Waals surface area contributed by atoms with Gasteiger partial charge in [-0.15, -0.1) is 0 Å². The Balaban J connectivity index is 1.97. The first kappa shape index (κ1) is 17.0. The summed E-state index contributed by atoms with van der Waals surface area (Å²) in [6.45, 7) is 4.02. The lowest BCUT2D eigenvalue weighted by molar-refractivity contribution is -0.385. The van der Waals surface area contributed by atoms with E-state index in [2.05, 4.69) is 6.07 Å². The van der Waals surface area contributed by atoms with Crippen LogP contribution >= 0.6 is 0 Å². The topological polar surface area (TPSA) is 93.2 Å². The van der Waals surface area contributed by atoms with Crippen LogP contribution < -0.4 is 4.74 Å². The van der Waals surface area contributed by atoms with Crippen LogP contribution in [-0.2, 0) is 11.8 Å². The largest absolute Gasteiger partial charge is 0.490 e. The molecule has 0 radical (unpaired) electrons. The van der Waals surface area contributed by atoms with Crippen LogP contribution in [0.1, 0.15) is 46.5 Å². The lowest BCUT2D eigenvalue weighted by Crippen LogP contribution is -2.30. The SMILES string of the molecule is COc1cc2c(cc1[N+](=O)[O-])C(=O)C1=C(Cc3cc(C#N)ccc31)C2(C)C. The van der Waals surface area contributed by atoms with Gasteiger partial charge in [-0.3, -0.25) is 14.9 Å². The Hall–Kier alpha value is -3.46. The van der Waals surface area contributed by atoms with Crippen molar-refractivity contribution < 1.29 is 14.5 Å². The molecule has 27 heavy (non-hydrogen) atoms. The van der Waals surface area contributed by atoms with Crippen molar-refractivity contribution in [1.29, 1.82) is 5.26 Å². The first-order valence-corrected chi connectivity index (χ1v) is 8.48. The molecule has 2 aliphatic rings. The Morgan fingerprint density at radius 2 is 1.96 bits per heavy atom. The summed E-state index contributed by atoms with van der Waals surface area (Å²) in [4.78, 5) is 24.2. The Labute approximate surface area is 155 Å². The number of rotatable bonds is 2. The van der Waals surface area contributed by atoms with Gasteiger partial charge in [0.25, 0.3) is 0 Å². The second-order valence-corrected chi connectivity index (χ2v) is 7.29. The molecule has 0 heterocycles. The maximum Gasteiger partial charge on any atom is 0.311 e. The van der Waals surface area contributed by atoms with Crippen LogP contribution in [0, 0.1) is 21.4 Å². The van der Waals surface area contributed by atoms with Gasteiger partial charge in [0.1, 0.15) is 0 Å². The molecule has 4 rings (SSSR count). The number of carbonyl (C=O) groups excluding carboxylic acids is 1. The number of nitriles is 1. The molecular formula is C21H16N2O4. The third kappa shape index (κ3) is 2.21. The summed E-state index contributed by atoms with van der Waals surface area (Å²) in [5.74, 6) is -0.0699. The number of hydrogen-bond acceptors (Lipinski definition) is 5. The normalized spacial score (nSPS) is 16.3. The molecule has 6 nitrogen and oxygen atoms in total. The van der Waals surface area contributed by atoms with E-state index < -0.39 is 10.3 Å². The van der Waals surface area contributed by atoms with Crippen molar-refractivity contribution >= 4 is 17.0 Å². The number of fused-ring (bicyclic) bond motifs is 3. The molecule has 0 aliphatic heterocycles. The molecule has 6 heteroatoms. The minimum atomic E-state index is -0.537. The van der Waals surface area contributed by atoms with Gasteiger partial charge in [0, 0.05) is 22.6 Å². The fourth-order valence-corrected chi connectivity index (χ4v) is 4.16. The molecule has 0 aromatic heterocycles. The minimum Gasteiger partial charge on any atom is -0.490 e. The van der Waals surface area contributed by atoms with E-state index >= 15 is 0 Å². The summed E-state index contributed by atoms with van der Waals surface area (Å²) in [6, 6.07) is 10.4. The standard InChI is InChI=1S/C21H16N2O4/c1-21(2)15-9-18(27-3)17(23(25)26)8-14(15)20(24)19-13-5-4-11(10-22)6-12(13)7-16(19)21/h4-6,8-9H,7H2,1-3H3. The van der Waals surface area contributed by atoms with Gasteiger partial charge >= 0.3 is 5.69 Å². The quantitative estimate of drug-likeness (QED) is 0.597. The van der Waals surface area contributed by atoms with Gasteiger partial charge in [-0.25, -0.2) is 0 Å². The first-order valence-electron chi connectivity index (χ1n) is 8.48. The third-order valence-electron chi connectivity index (χ3n) is 5.59. The van der Waals surface area contributed by atoms with Gasteiger partial charge < -0.3 is 4.74 Å². The average Bonchev–Trinajstić information content (AvgIpc) is 3.05. The van der Waals surface area contributed by atoms with Gasteiger partial charge in [0.2, 0.25) is 0 Å². The maximum absolute atomic E-state index is 13.3. The maximum atomic E-state index is 13.3. The van der Waals surface area contributed by atoms with Crippen LogP contribution in [0.25, 0.3) is 5.57 Å². The van der Waals surface area contributed by atoms with Crippen molar-refractivity contribution in [3.8, 4) is 11.8 Å². The molecule has 2 aromatic carbocycles. The number of ether oxygens (including phenoxy) is 1. The Morgan fingerprint density at radius 3 is 2.59 bits per heavy atom. The van der Waals surface area contributed by atoms with Gasteiger partial charge in [-0.2, -0.15) is 5.26 Å². The zero-order valence-corrected chi connectivity index (χ0v) is 15.1. The molecule has 0 saturated carbocycles. The molecule has 0 spiro atoms. The lowest BCUT2D eigenvalue weighted by atomic mass is 9.68. The number of Topliss-reactive ketones (excluding diaryl/α,β-unsaturated/α-hetero) is 1. The highest BCUT2D eigenvalue weighted by Gasteiger charge is 2.44. The molecule has 0 fully saturated rings. The summed E-state index contributed by atoms with van der Waals surface area (Å²) in [5, 5.41) is 20.6. The monoisotopic (exact) mass is 360 g/mol. The van der Waals surface area contributed by atoms with Crippen molar-refractivity contribution in [2.45, 2.75) is 25.7 Å². The van der Waals surface area contributed by atoms with Crippen molar-refractivity contribution in [1.82, 2.24) is 0 Å². The Kier molecular flexibility index (Phi) is 3.47. The summed E-state index contributed by atoms with van der Waals surface area (Å²) in [5.41, 5.74) is 4.22. The number of methoxy groups -OCH3 is 1. The number of nitro benzene ring substituents is 1. The number of nitro groups is 1. The first-order chi connectivity index (χ1) is 12.8. The molecule has 0 saturated heterocycles. The van der Waals surface area contributed by atoms with Crippen LogP contribution in [0.15, 0.2) is 35.9 Å². The van der Waals surface area contributed by atoms with Crippen LogP contribution in [0.2, 0.25) is 0 Å². The lowest BCUT2D eigenvalue weighted by Gasteiger charge is -2.34. The highest BCUT2D eigenvalue weighted by Crippen LogP contribution is 2.51. The van der Waals surface area contributed by atoms with E-state index in [4.69, 9.17) is 10.00 Å². The number of hydrogen-bond donors (Lipinski definition) is 0. The molecule has 0 bridgehead atoms. The number of allylic oxidation sites excluding steroid dienone is 2. The van der Waals surface area contributed by atoms with E-state index in [0.29, 0.717) is 23.1 Å². The van der Waals surface area contributed by atoms with Crippen molar-refractivity contribution in [2.24, 2.45) is 0 Å². The Morgan fingerprint density at radius 1 is 1.22 bits per heavy atom. The predicted molar refractivity (Wildman–Crippen MR) is 98.8 cm³/mol. The molecular weight excluding hydrogens is 344 g/mol. The molecule has 2 aliphatic carbocycles. The fourth-order valence-electron chi connectivity index (χ4n) is 4.16. The van der Waals surface area contributed by atoms with E-state index in [-0.39, 0.29) is 17.2 Å². The second-order valence-electron chi connectivity index (χ2n) is 7.29. The highest BCUT2D eigenvalue weighted by atomic mass is 16.6. The van der Waals surface area contributed by atoms with Gasteiger partial charge in [-0.1, -0.05) is 19.9 Å². The second kappa shape index (κ2) is 5.52. The molecule has 0 amide bonds.